The van der Waals surface area contributed by atoms with Crippen molar-refractivity contribution in [3.05, 3.63) is 87.7 Å². The second-order valence-corrected chi connectivity index (χ2v) is 6.88. The number of nitrogens with one attached hydrogen (secondary N) is 1. The van der Waals surface area contributed by atoms with Gasteiger partial charge in [0.2, 0.25) is 0 Å². The summed E-state index contributed by atoms with van der Waals surface area (Å²) < 4.78 is 6.51. The predicted molar refractivity (Wildman–Crippen MR) is 114 cm³/mol. The second-order valence-electron chi connectivity index (χ2n) is 6.44. The molecule has 0 fully saturated rings. The first-order valence-electron chi connectivity index (χ1n) is 8.94. The molecule has 0 aliphatic carbocycles. The molecule has 4 rings (SSSR count). The minimum atomic E-state index is -0.227. The topological polar surface area (TPSA) is 76.4 Å². The maximum atomic E-state index is 13.2. The largest absolute Gasteiger partial charge is 0.504 e. The Bertz CT molecular complexity index is 1240. The Morgan fingerprint density at radius 3 is 2.59 bits per heavy atom. The number of halogens is 1. The molecule has 1 heterocycles. The number of aromatic nitrogens is 2. The van der Waals surface area contributed by atoms with Crippen LogP contribution in [-0.2, 0) is 6.54 Å². The maximum absolute atomic E-state index is 13.2. The standard InChI is InChI=1S/C22H18ClN3O3/c1-29-20-11-8-15(12-19(20)27)21-25-18-5-3-2-4-17(18)22(28)26(21)24-13-14-6-9-16(23)10-7-14/h2-12,24,27H,13H2,1H3. The van der Waals surface area contributed by atoms with Gasteiger partial charge in [-0.3, -0.25) is 4.79 Å². The minimum Gasteiger partial charge on any atom is -0.504 e. The van der Waals surface area contributed by atoms with E-state index in [0.29, 0.717) is 39.6 Å². The Kier molecular flexibility index (Phi) is 5.10. The van der Waals surface area contributed by atoms with Gasteiger partial charge in [0.1, 0.15) is 0 Å². The monoisotopic (exact) mass is 407 g/mol. The van der Waals surface area contributed by atoms with Crippen LogP contribution in [0.3, 0.4) is 0 Å². The van der Waals surface area contributed by atoms with E-state index in [4.69, 9.17) is 16.3 Å². The lowest BCUT2D eigenvalue weighted by Crippen LogP contribution is -2.31. The minimum absolute atomic E-state index is 0.0309. The number of methoxy groups -OCH3 is 1. The van der Waals surface area contributed by atoms with Gasteiger partial charge >= 0.3 is 0 Å². The fraction of sp³-hybridized carbons (Fsp3) is 0.0909. The molecule has 0 atom stereocenters. The number of hydrogen-bond acceptors (Lipinski definition) is 5. The molecule has 7 heteroatoms. The number of fused-ring (bicyclic) bond motifs is 1. The number of hydrogen-bond donors (Lipinski definition) is 2. The number of phenols is 1. The zero-order chi connectivity index (χ0) is 20.4. The van der Waals surface area contributed by atoms with Crippen LogP contribution in [0.4, 0.5) is 0 Å². The van der Waals surface area contributed by atoms with Crippen LogP contribution in [0.15, 0.2) is 71.5 Å². The first kappa shape index (κ1) is 18.8. The molecule has 146 valence electrons. The van der Waals surface area contributed by atoms with Gasteiger partial charge in [-0.25, -0.2) is 9.66 Å². The smallest absolute Gasteiger partial charge is 0.280 e. The Balaban J connectivity index is 1.83. The van der Waals surface area contributed by atoms with Crippen molar-refractivity contribution in [1.29, 1.82) is 0 Å². The molecule has 0 bridgehead atoms. The number of aromatic hydroxyl groups is 1. The Morgan fingerprint density at radius 2 is 1.86 bits per heavy atom. The molecule has 6 nitrogen and oxygen atoms in total. The van der Waals surface area contributed by atoms with Gasteiger partial charge in [-0.1, -0.05) is 35.9 Å². The molecule has 0 saturated carbocycles. The van der Waals surface area contributed by atoms with Crippen LogP contribution in [0.1, 0.15) is 5.56 Å². The number of para-hydroxylation sites is 1. The fourth-order valence-electron chi connectivity index (χ4n) is 3.07. The van der Waals surface area contributed by atoms with E-state index >= 15 is 0 Å². The summed E-state index contributed by atoms with van der Waals surface area (Å²) in [4.78, 5) is 17.8. The number of nitrogens with zero attached hydrogens (tertiary/aromatic N) is 2. The van der Waals surface area contributed by atoms with E-state index in [1.54, 1.807) is 42.5 Å². The van der Waals surface area contributed by atoms with Gasteiger partial charge in [0, 0.05) is 10.6 Å². The molecule has 29 heavy (non-hydrogen) atoms. The van der Waals surface area contributed by atoms with Gasteiger partial charge in [0.05, 0.1) is 24.6 Å². The van der Waals surface area contributed by atoms with Gasteiger partial charge < -0.3 is 15.3 Å². The summed E-state index contributed by atoms with van der Waals surface area (Å²) in [6.07, 6.45) is 0. The van der Waals surface area contributed by atoms with E-state index < -0.39 is 0 Å². The molecule has 0 aliphatic heterocycles. The molecule has 3 aromatic carbocycles. The Hall–Kier alpha value is -3.51. The number of benzene rings is 3. The number of phenolic OH excluding ortho intramolecular Hbond substituents is 1. The average molecular weight is 408 g/mol. The van der Waals surface area contributed by atoms with Crippen molar-refractivity contribution >= 4 is 22.5 Å². The van der Waals surface area contributed by atoms with Gasteiger partial charge in [-0.2, -0.15) is 0 Å². The lowest BCUT2D eigenvalue weighted by molar-refractivity contribution is 0.373. The van der Waals surface area contributed by atoms with Gasteiger partial charge in [0.25, 0.3) is 5.56 Å². The van der Waals surface area contributed by atoms with Crippen molar-refractivity contribution in [3.63, 3.8) is 0 Å². The van der Waals surface area contributed by atoms with E-state index in [1.165, 1.54) is 17.9 Å². The summed E-state index contributed by atoms with van der Waals surface area (Å²) in [6.45, 7) is 0.395. The third-order valence-corrected chi connectivity index (χ3v) is 4.82. The van der Waals surface area contributed by atoms with Crippen LogP contribution >= 0.6 is 11.6 Å². The Labute approximate surface area is 171 Å². The van der Waals surface area contributed by atoms with Crippen LogP contribution in [0, 0.1) is 0 Å². The molecular formula is C22H18ClN3O3. The molecule has 0 aliphatic rings. The van der Waals surface area contributed by atoms with Crippen molar-refractivity contribution in [2.45, 2.75) is 6.54 Å². The van der Waals surface area contributed by atoms with E-state index in [-0.39, 0.29) is 11.3 Å². The fourth-order valence-corrected chi connectivity index (χ4v) is 3.20. The van der Waals surface area contributed by atoms with Crippen LogP contribution in [0.5, 0.6) is 11.5 Å². The molecule has 0 unspecified atom stereocenters. The van der Waals surface area contributed by atoms with Crippen molar-refractivity contribution in [2.75, 3.05) is 12.5 Å². The zero-order valence-corrected chi connectivity index (χ0v) is 16.3. The summed E-state index contributed by atoms with van der Waals surface area (Å²) in [7, 11) is 1.48. The van der Waals surface area contributed by atoms with Crippen LogP contribution in [-0.4, -0.2) is 21.9 Å². The molecular weight excluding hydrogens is 390 g/mol. The molecule has 0 saturated heterocycles. The number of rotatable bonds is 5. The first-order valence-corrected chi connectivity index (χ1v) is 9.32. The second kappa shape index (κ2) is 7.85. The van der Waals surface area contributed by atoms with Crippen molar-refractivity contribution in [1.82, 2.24) is 9.66 Å². The third-order valence-electron chi connectivity index (χ3n) is 4.57. The lowest BCUT2D eigenvalue weighted by atomic mass is 10.1. The normalized spacial score (nSPS) is 10.8. The Morgan fingerprint density at radius 1 is 1.10 bits per heavy atom. The van der Waals surface area contributed by atoms with Crippen LogP contribution in [0.25, 0.3) is 22.3 Å². The summed E-state index contributed by atoms with van der Waals surface area (Å²) in [5.74, 6) is 0.704. The van der Waals surface area contributed by atoms with Gasteiger partial charge in [0.15, 0.2) is 17.3 Å². The quantitative estimate of drug-likeness (QED) is 0.519. The zero-order valence-electron chi connectivity index (χ0n) is 15.6. The molecule has 0 radical (unpaired) electrons. The average Bonchev–Trinajstić information content (AvgIpc) is 2.74. The summed E-state index contributed by atoms with van der Waals surface area (Å²) in [5, 5.41) is 11.3. The van der Waals surface area contributed by atoms with Crippen LogP contribution in [0.2, 0.25) is 5.02 Å². The predicted octanol–water partition coefficient (Wildman–Crippen LogP) is 4.17. The highest BCUT2D eigenvalue weighted by Gasteiger charge is 2.14. The molecule has 1 aromatic heterocycles. The van der Waals surface area contributed by atoms with Crippen molar-refractivity contribution in [3.8, 4) is 22.9 Å². The van der Waals surface area contributed by atoms with E-state index in [2.05, 4.69) is 10.4 Å². The van der Waals surface area contributed by atoms with E-state index in [0.717, 1.165) is 5.56 Å². The SMILES string of the molecule is COc1ccc(-c2nc3ccccc3c(=O)n2NCc2ccc(Cl)cc2)cc1O. The molecule has 0 amide bonds. The highest BCUT2D eigenvalue weighted by atomic mass is 35.5. The van der Waals surface area contributed by atoms with E-state index in [1.807, 2.05) is 18.2 Å². The van der Waals surface area contributed by atoms with Crippen LogP contribution < -0.4 is 15.7 Å². The third kappa shape index (κ3) is 3.75. The van der Waals surface area contributed by atoms with E-state index in [9.17, 15) is 9.90 Å². The number of ether oxygens (including phenoxy) is 1. The summed E-state index contributed by atoms with van der Waals surface area (Å²) >= 11 is 5.94. The molecule has 2 N–H and O–H groups in total. The van der Waals surface area contributed by atoms with Gasteiger partial charge in [-0.15, -0.1) is 0 Å². The highest BCUT2D eigenvalue weighted by molar-refractivity contribution is 6.30. The summed E-state index contributed by atoms with van der Waals surface area (Å²) in [5.41, 5.74) is 5.03. The lowest BCUT2D eigenvalue weighted by Gasteiger charge is -2.16. The van der Waals surface area contributed by atoms with Crippen molar-refractivity contribution < 1.29 is 9.84 Å². The summed E-state index contributed by atoms with van der Waals surface area (Å²) in [6, 6.07) is 19.4. The van der Waals surface area contributed by atoms with Gasteiger partial charge in [-0.05, 0) is 48.0 Å². The molecule has 4 aromatic rings. The highest BCUT2D eigenvalue weighted by Crippen LogP contribution is 2.30. The van der Waals surface area contributed by atoms with Crippen molar-refractivity contribution in [2.24, 2.45) is 0 Å². The first-order chi connectivity index (χ1) is 14.1. The molecule has 0 spiro atoms. The maximum Gasteiger partial charge on any atom is 0.280 e.